The van der Waals surface area contributed by atoms with E-state index >= 15 is 0 Å². The van der Waals surface area contributed by atoms with Gasteiger partial charge >= 0.3 is 5.97 Å². The van der Waals surface area contributed by atoms with E-state index in [0.717, 1.165) is 0 Å². The smallest absolute Gasteiger partial charge is 0.306 e. The van der Waals surface area contributed by atoms with Crippen molar-refractivity contribution in [3.8, 4) is 0 Å². The van der Waals surface area contributed by atoms with Crippen LogP contribution in [0.1, 0.15) is 6.42 Å². The minimum atomic E-state index is -1.08. The minimum Gasteiger partial charge on any atom is -0.481 e. The Balaban J connectivity index is 2.47. The molecule has 0 saturated carbocycles. The first kappa shape index (κ1) is 12.9. The molecule has 1 unspecified atom stereocenters. The van der Waals surface area contributed by atoms with Crippen molar-refractivity contribution in [1.82, 2.24) is 0 Å². The second-order valence-corrected chi connectivity index (χ2v) is 3.44. The SMILES string of the molecule is O=C(O)CC(O)CNc1ccc([N+](=O)[O-])cc1. The van der Waals surface area contributed by atoms with E-state index in [2.05, 4.69) is 5.32 Å². The largest absolute Gasteiger partial charge is 0.481 e. The van der Waals surface area contributed by atoms with E-state index in [1.165, 1.54) is 24.3 Å². The molecule has 7 nitrogen and oxygen atoms in total. The highest BCUT2D eigenvalue weighted by Gasteiger charge is 2.09. The molecule has 1 atom stereocenters. The second-order valence-electron chi connectivity index (χ2n) is 3.44. The lowest BCUT2D eigenvalue weighted by molar-refractivity contribution is -0.384. The summed E-state index contributed by atoms with van der Waals surface area (Å²) in [6.45, 7) is 0.0735. The number of hydrogen-bond donors (Lipinski definition) is 3. The standard InChI is InChI=1S/C10H12N2O5/c13-9(5-10(14)15)6-11-7-1-3-8(4-2-7)12(16)17/h1-4,9,11,13H,5-6H2,(H,14,15). The molecule has 92 valence electrons. The molecule has 0 amide bonds. The zero-order valence-electron chi connectivity index (χ0n) is 8.87. The number of aliphatic hydroxyl groups is 1. The molecule has 0 spiro atoms. The molecule has 0 aromatic heterocycles. The molecule has 1 aromatic carbocycles. The Morgan fingerprint density at radius 2 is 2.00 bits per heavy atom. The second kappa shape index (κ2) is 5.80. The van der Waals surface area contributed by atoms with Crippen LogP contribution < -0.4 is 5.32 Å². The fourth-order valence-electron chi connectivity index (χ4n) is 1.21. The van der Waals surface area contributed by atoms with Crippen molar-refractivity contribution in [3.05, 3.63) is 34.4 Å². The van der Waals surface area contributed by atoms with Gasteiger partial charge in [0.05, 0.1) is 17.4 Å². The van der Waals surface area contributed by atoms with Crippen LogP contribution >= 0.6 is 0 Å². The molecule has 1 rings (SSSR count). The lowest BCUT2D eigenvalue weighted by atomic mass is 10.2. The number of benzene rings is 1. The maximum Gasteiger partial charge on any atom is 0.306 e. The van der Waals surface area contributed by atoms with Crippen LogP contribution in [-0.4, -0.2) is 33.8 Å². The monoisotopic (exact) mass is 240 g/mol. The van der Waals surface area contributed by atoms with Gasteiger partial charge in [-0.2, -0.15) is 0 Å². The van der Waals surface area contributed by atoms with Crippen LogP contribution in [0.15, 0.2) is 24.3 Å². The van der Waals surface area contributed by atoms with Crippen LogP contribution in [0, 0.1) is 10.1 Å². The van der Waals surface area contributed by atoms with E-state index in [1.54, 1.807) is 0 Å². The maximum atomic E-state index is 10.4. The third-order valence-corrected chi connectivity index (χ3v) is 2.03. The van der Waals surface area contributed by atoms with Gasteiger partial charge in [-0.3, -0.25) is 14.9 Å². The molecular weight excluding hydrogens is 228 g/mol. The Morgan fingerprint density at radius 3 is 2.47 bits per heavy atom. The predicted molar refractivity (Wildman–Crippen MR) is 59.8 cm³/mol. The summed E-state index contributed by atoms with van der Waals surface area (Å²) >= 11 is 0. The zero-order chi connectivity index (χ0) is 12.8. The number of nitro benzene ring substituents is 1. The van der Waals surface area contributed by atoms with Crippen molar-refractivity contribution in [3.63, 3.8) is 0 Å². The number of aliphatic hydroxyl groups excluding tert-OH is 1. The van der Waals surface area contributed by atoms with Gasteiger partial charge in [-0.15, -0.1) is 0 Å². The summed E-state index contributed by atoms with van der Waals surface area (Å²) in [7, 11) is 0. The summed E-state index contributed by atoms with van der Waals surface area (Å²) in [6, 6.07) is 5.63. The van der Waals surface area contributed by atoms with E-state index in [9.17, 15) is 20.0 Å². The Bertz CT molecular complexity index is 404. The van der Waals surface area contributed by atoms with E-state index < -0.39 is 17.0 Å². The van der Waals surface area contributed by atoms with Gasteiger partial charge in [-0.05, 0) is 12.1 Å². The summed E-state index contributed by atoms with van der Waals surface area (Å²) in [6.07, 6.45) is -1.34. The van der Waals surface area contributed by atoms with Gasteiger partial charge in [0.25, 0.3) is 5.69 Å². The number of nitro groups is 1. The summed E-state index contributed by atoms with van der Waals surface area (Å²) in [4.78, 5) is 20.1. The van der Waals surface area contributed by atoms with Gasteiger partial charge in [0, 0.05) is 24.4 Å². The number of carboxylic acid groups (broad SMARTS) is 1. The van der Waals surface area contributed by atoms with E-state index in [-0.39, 0.29) is 18.7 Å². The predicted octanol–water partition coefficient (Wildman–Crippen LogP) is 0.842. The van der Waals surface area contributed by atoms with E-state index in [4.69, 9.17) is 5.11 Å². The van der Waals surface area contributed by atoms with Crippen molar-refractivity contribution in [2.24, 2.45) is 0 Å². The lowest BCUT2D eigenvalue weighted by Crippen LogP contribution is -2.22. The van der Waals surface area contributed by atoms with Crippen LogP contribution in [0.2, 0.25) is 0 Å². The van der Waals surface area contributed by atoms with E-state index in [0.29, 0.717) is 5.69 Å². The van der Waals surface area contributed by atoms with E-state index in [1.807, 2.05) is 0 Å². The Kier molecular flexibility index (Phi) is 4.41. The summed E-state index contributed by atoms with van der Waals surface area (Å²) in [5.74, 6) is -1.08. The molecule has 0 heterocycles. The van der Waals surface area contributed by atoms with Gasteiger partial charge in [-0.1, -0.05) is 0 Å². The van der Waals surface area contributed by atoms with Crippen LogP contribution in [0.3, 0.4) is 0 Å². The number of nitrogens with zero attached hydrogens (tertiary/aromatic N) is 1. The molecule has 0 bridgehead atoms. The highest BCUT2D eigenvalue weighted by molar-refractivity contribution is 5.67. The van der Waals surface area contributed by atoms with Crippen molar-refractivity contribution >= 4 is 17.3 Å². The zero-order valence-corrected chi connectivity index (χ0v) is 8.87. The van der Waals surface area contributed by atoms with Crippen LogP contribution in [0.25, 0.3) is 0 Å². The normalized spacial score (nSPS) is 11.8. The number of carboxylic acids is 1. The number of hydrogen-bond acceptors (Lipinski definition) is 5. The Labute approximate surface area is 96.8 Å². The fraction of sp³-hybridized carbons (Fsp3) is 0.300. The van der Waals surface area contributed by atoms with Gasteiger partial charge < -0.3 is 15.5 Å². The topological polar surface area (TPSA) is 113 Å². The molecule has 0 radical (unpaired) electrons. The summed E-state index contributed by atoms with van der Waals surface area (Å²) in [5.41, 5.74) is 0.557. The third-order valence-electron chi connectivity index (χ3n) is 2.03. The Morgan fingerprint density at radius 1 is 1.41 bits per heavy atom. The maximum absolute atomic E-state index is 10.4. The van der Waals surface area contributed by atoms with Crippen LogP contribution in [-0.2, 0) is 4.79 Å². The number of carbonyl (C=O) groups is 1. The molecule has 1 aromatic rings. The lowest BCUT2D eigenvalue weighted by Gasteiger charge is -2.10. The molecule has 17 heavy (non-hydrogen) atoms. The van der Waals surface area contributed by atoms with Crippen molar-refractivity contribution in [2.45, 2.75) is 12.5 Å². The molecule has 0 aliphatic rings. The minimum absolute atomic E-state index is 0.0263. The summed E-state index contributed by atoms with van der Waals surface area (Å²) in [5, 5.41) is 30.8. The van der Waals surface area contributed by atoms with Crippen LogP contribution in [0.4, 0.5) is 11.4 Å². The van der Waals surface area contributed by atoms with Crippen molar-refractivity contribution in [2.75, 3.05) is 11.9 Å². The van der Waals surface area contributed by atoms with Gasteiger partial charge in [0.1, 0.15) is 0 Å². The number of nitrogens with one attached hydrogen (secondary N) is 1. The summed E-state index contributed by atoms with van der Waals surface area (Å²) < 4.78 is 0. The molecule has 0 saturated heterocycles. The highest BCUT2D eigenvalue weighted by atomic mass is 16.6. The quantitative estimate of drug-likeness (QED) is 0.501. The molecule has 0 aliphatic heterocycles. The van der Waals surface area contributed by atoms with Crippen LogP contribution in [0.5, 0.6) is 0 Å². The van der Waals surface area contributed by atoms with Gasteiger partial charge in [0.2, 0.25) is 0 Å². The third kappa shape index (κ3) is 4.47. The van der Waals surface area contributed by atoms with Crippen molar-refractivity contribution in [1.29, 1.82) is 0 Å². The first-order chi connectivity index (χ1) is 7.99. The number of anilines is 1. The molecular formula is C10H12N2O5. The molecule has 0 aliphatic carbocycles. The van der Waals surface area contributed by atoms with Crippen molar-refractivity contribution < 1.29 is 19.9 Å². The number of non-ortho nitro benzene ring substituents is 1. The number of rotatable bonds is 6. The Hall–Kier alpha value is -2.15. The highest BCUT2D eigenvalue weighted by Crippen LogP contribution is 2.15. The molecule has 7 heteroatoms. The van der Waals surface area contributed by atoms with Gasteiger partial charge in [-0.25, -0.2) is 0 Å². The fourth-order valence-corrected chi connectivity index (χ4v) is 1.21. The molecule has 3 N–H and O–H groups in total. The first-order valence-corrected chi connectivity index (χ1v) is 4.87. The average Bonchev–Trinajstić information content (AvgIpc) is 2.26. The van der Waals surface area contributed by atoms with Gasteiger partial charge in [0.15, 0.2) is 0 Å². The average molecular weight is 240 g/mol. The number of aliphatic carboxylic acids is 1. The molecule has 0 fully saturated rings. The first-order valence-electron chi connectivity index (χ1n) is 4.87.